The van der Waals surface area contributed by atoms with Crippen LogP contribution in [0.2, 0.25) is 5.02 Å². The summed E-state index contributed by atoms with van der Waals surface area (Å²) in [5.41, 5.74) is 0.0893. The van der Waals surface area contributed by atoms with Gasteiger partial charge in [-0.05, 0) is 24.8 Å². The first-order valence-electron chi connectivity index (χ1n) is 7.92. The highest BCUT2D eigenvalue weighted by molar-refractivity contribution is 6.30. The fraction of sp³-hybridized carbons (Fsp3) is 0.529. The summed E-state index contributed by atoms with van der Waals surface area (Å²) >= 11 is 5.80. The van der Waals surface area contributed by atoms with E-state index in [1.54, 1.807) is 0 Å². The van der Waals surface area contributed by atoms with Crippen molar-refractivity contribution in [3.63, 3.8) is 0 Å². The van der Waals surface area contributed by atoms with Gasteiger partial charge in [-0.15, -0.1) is 0 Å². The van der Waals surface area contributed by atoms with E-state index in [9.17, 15) is 14.4 Å². The van der Waals surface area contributed by atoms with Crippen molar-refractivity contribution < 1.29 is 19.0 Å². The average molecular weight is 355 g/mol. The minimum atomic E-state index is -0.997. The van der Waals surface area contributed by atoms with E-state index >= 15 is 0 Å². The molecule has 0 bridgehead atoms. The predicted molar refractivity (Wildman–Crippen MR) is 87.8 cm³/mol. The van der Waals surface area contributed by atoms with Gasteiger partial charge in [-0.2, -0.15) is 5.26 Å². The molecule has 0 aromatic heterocycles. The van der Waals surface area contributed by atoms with E-state index in [4.69, 9.17) is 21.4 Å². The molecule has 1 aliphatic carbocycles. The number of halogens is 2. The number of ether oxygens (including phenoxy) is 1. The molecular formula is C17H20ClFN2O3. The number of amides is 1. The summed E-state index contributed by atoms with van der Waals surface area (Å²) in [7, 11) is 1.50. The summed E-state index contributed by atoms with van der Waals surface area (Å²) in [6, 6.07) is 4.29. The zero-order valence-corrected chi connectivity index (χ0v) is 14.2. The molecule has 1 aromatic rings. The van der Waals surface area contributed by atoms with Crippen molar-refractivity contribution in [2.75, 3.05) is 13.6 Å². The number of carboxylic acid groups (broad SMARTS) is 1. The van der Waals surface area contributed by atoms with Crippen LogP contribution in [0.5, 0.6) is 5.75 Å². The first-order valence-corrected chi connectivity index (χ1v) is 8.30. The molecule has 7 heteroatoms. The summed E-state index contributed by atoms with van der Waals surface area (Å²) in [6.07, 6.45) is 3.48. The maximum Gasteiger partial charge on any atom is 0.407 e. The molecule has 1 unspecified atom stereocenters. The van der Waals surface area contributed by atoms with Crippen LogP contribution in [0.25, 0.3) is 0 Å². The maximum atomic E-state index is 13.5. The fourth-order valence-corrected chi connectivity index (χ4v) is 3.17. The third-order valence-electron chi connectivity index (χ3n) is 4.42. The summed E-state index contributed by atoms with van der Waals surface area (Å²) in [5.74, 6) is -0.120. The van der Waals surface area contributed by atoms with Crippen molar-refractivity contribution in [3.8, 4) is 11.8 Å². The van der Waals surface area contributed by atoms with Crippen molar-refractivity contribution >= 4 is 17.7 Å². The third kappa shape index (κ3) is 4.51. The number of nitriles is 1. The lowest BCUT2D eigenvalue weighted by molar-refractivity contribution is 0.108. The molecule has 1 saturated carbocycles. The summed E-state index contributed by atoms with van der Waals surface area (Å²) < 4.78 is 19.5. The highest BCUT2D eigenvalue weighted by Gasteiger charge is 2.28. The lowest BCUT2D eigenvalue weighted by atomic mass is 9.97. The van der Waals surface area contributed by atoms with E-state index in [1.165, 1.54) is 18.0 Å². The molecule has 1 aromatic carbocycles. The van der Waals surface area contributed by atoms with E-state index in [1.807, 2.05) is 6.07 Å². The van der Waals surface area contributed by atoms with Gasteiger partial charge in [0.2, 0.25) is 0 Å². The molecule has 0 heterocycles. The Morgan fingerprint density at radius 1 is 1.54 bits per heavy atom. The minimum Gasteiger partial charge on any atom is -0.489 e. The van der Waals surface area contributed by atoms with Gasteiger partial charge in [0.15, 0.2) is 0 Å². The molecule has 24 heavy (non-hydrogen) atoms. The van der Waals surface area contributed by atoms with Gasteiger partial charge in [0, 0.05) is 26.1 Å². The monoisotopic (exact) mass is 354 g/mol. The van der Waals surface area contributed by atoms with Gasteiger partial charge in [0.05, 0.1) is 10.6 Å². The Hall–Kier alpha value is -2.00. The van der Waals surface area contributed by atoms with Crippen molar-refractivity contribution in [1.29, 1.82) is 5.26 Å². The predicted octanol–water partition coefficient (Wildman–Crippen LogP) is 4.29. The molecule has 1 amide bonds. The quantitative estimate of drug-likeness (QED) is 0.827. The number of hydrogen-bond acceptors (Lipinski definition) is 3. The number of nitrogens with zero attached hydrogens (tertiary/aromatic N) is 2. The van der Waals surface area contributed by atoms with Crippen molar-refractivity contribution in [3.05, 3.63) is 28.5 Å². The maximum absolute atomic E-state index is 13.5. The van der Waals surface area contributed by atoms with Gasteiger partial charge in [-0.1, -0.05) is 24.4 Å². The molecule has 1 atom stereocenters. The first-order chi connectivity index (χ1) is 11.4. The van der Waals surface area contributed by atoms with Crippen LogP contribution in [0.15, 0.2) is 12.1 Å². The minimum absolute atomic E-state index is 0.0893. The van der Waals surface area contributed by atoms with Crippen molar-refractivity contribution in [1.82, 2.24) is 4.90 Å². The Kier molecular flexibility index (Phi) is 6.27. The van der Waals surface area contributed by atoms with Gasteiger partial charge in [0.25, 0.3) is 0 Å². The number of carbonyl (C=O) groups is 1. The second-order valence-electron chi connectivity index (χ2n) is 6.07. The van der Waals surface area contributed by atoms with E-state index in [2.05, 4.69) is 0 Å². The molecule has 0 aliphatic heterocycles. The summed E-state index contributed by atoms with van der Waals surface area (Å²) in [5, 5.41) is 18.1. The van der Waals surface area contributed by atoms with Crippen LogP contribution in [0, 0.1) is 23.1 Å². The van der Waals surface area contributed by atoms with Gasteiger partial charge < -0.3 is 14.7 Å². The molecule has 1 fully saturated rings. The largest absolute Gasteiger partial charge is 0.489 e. The second kappa shape index (κ2) is 8.20. The Morgan fingerprint density at radius 3 is 2.79 bits per heavy atom. The average Bonchev–Trinajstić information content (AvgIpc) is 3.08. The zero-order valence-electron chi connectivity index (χ0n) is 13.5. The van der Waals surface area contributed by atoms with Gasteiger partial charge >= 0.3 is 6.09 Å². The normalized spacial score (nSPS) is 15.8. The summed E-state index contributed by atoms with van der Waals surface area (Å²) in [4.78, 5) is 12.2. The van der Waals surface area contributed by atoms with E-state index in [0.29, 0.717) is 18.9 Å². The smallest absolute Gasteiger partial charge is 0.407 e. The van der Waals surface area contributed by atoms with Crippen LogP contribution in [-0.4, -0.2) is 35.8 Å². The lowest BCUT2D eigenvalue weighted by Crippen LogP contribution is -2.33. The summed E-state index contributed by atoms with van der Waals surface area (Å²) in [6.45, 7) is 0.327. The molecule has 0 spiro atoms. The van der Waals surface area contributed by atoms with Crippen LogP contribution >= 0.6 is 11.6 Å². The molecule has 1 aliphatic rings. The molecule has 0 radical (unpaired) electrons. The topological polar surface area (TPSA) is 73.6 Å². The number of rotatable bonds is 6. The van der Waals surface area contributed by atoms with Crippen LogP contribution < -0.4 is 4.74 Å². The Morgan fingerprint density at radius 2 is 2.21 bits per heavy atom. The molecule has 0 saturated heterocycles. The first kappa shape index (κ1) is 18.3. The van der Waals surface area contributed by atoms with Gasteiger partial charge in [0.1, 0.15) is 23.7 Å². The van der Waals surface area contributed by atoms with Gasteiger partial charge in [-0.25, -0.2) is 9.18 Å². The molecule has 130 valence electrons. The van der Waals surface area contributed by atoms with Crippen LogP contribution in [0.4, 0.5) is 9.18 Å². The van der Waals surface area contributed by atoms with Crippen LogP contribution in [-0.2, 0) is 0 Å². The lowest BCUT2D eigenvalue weighted by Gasteiger charge is -2.27. The Balaban J connectivity index is 2.17. The number of hydrogen-bond donors (Lipinski definition) is 1. The molecule has 1 N–H and O–H groups in total. The van der Waals surface area contributed by atoms with Crippen molar-refractivity contribution in [2.24, 2.45) is 5.92 Å². The van der Waals surface area contributed by atoms with Crippen LogP contribution in [0.3, 0.4) is 0 Å². The molecule has 2 rings (SSSR count). The molecular weight excluding hydrogens is 335 g/mol. The van der Waals surface area contributed by atoms with Crippen LogP contribution in [0.1, 0.15) is 37.7 Å². The highest BCUT2D eigenvalue weighted by Crippen LogP contribution is 2.34. The molecule has 5 nitrogen and oxygen atoms in total. The van der Waals surface area contributed by atoms with E-state index < -0.39 is 11.9 Å². The Labute approximate surface area is 145 Å². The van der Waals surface area contributed by atoms with E-state index in [-0.39, 0.29) is 22.4 Å². The second-order valence-corrected chi connectivity index (χ2v) is 6.48. The SMILES string of the molecule is CN(CCC(Oc1cc(Cl)c(F)cc1C#N)C1CCCC1)C(=O)O. The fourth-order valence-electron chi connectivity index (χ4n) is 3.01. The zero-order chi connectivity index (χ0) is 17.7. The van der Waals surface area contributed by atoms with E-state index in [0.717, 1.165) is 31.7 Å². The number of benzene rings is 1. The third-order valence-corrected chi connectivity index (χ3v) is 4.71. The highest BCUT2D eigenvalue weighted by atomic mass is 35.5. The Bertz CT molecular complexity index is 641. The van der Waals surface area contributed by atoms with Crippen molar-refractivity contribution in [2.45, 2.75) is 38.2 Å². The standard InChI is InChI=1S/C17H20ClFN2O3/c1-21(17(22)23)7-6-15(11-4-2-3-5-11)24-16-9-13(18)14(19)8-12(16)10-20/h8-9,11,15H,2-7H2,1H3,(H,22,23). The van der Waals surface area contributed by atoms with Gasteiger partial charge in [-0.3, -0.25) is 0 Å².